The maximum Gasteiger partial charge on any atom is 0.348 e. The van der Waals surface area contributed by atoms with Gasteiger partial charge in [0.1, 0.15) is 15.5 Å². The van der Waals surface area contributed by atoms with E-state index in [0.717, 1.165) is 22.6 Å². The van der Waals surface area contributed by atoms with Gasteiger partial charge in [0.25, 0.3) is 5.56 Å². The molecule has 0 aliphatic rings. The highest BCUT2D eigenvalue weighted by Gasteiger charge is 2.23. The number of methoxy groups -OCH3 is 1. The molecule has 0 bridgehead atoms. The number of aromatic nitrogens is 2. The van der Waals surface area contributed by atoms with Gasteiger partial charge in [0.15, 0.2) is 5.16 Å². The normalized spacial score (nSPS) is 10.9. The summed E-state index contributed by atoms with van der Waals surface area (Å²) in [5.41, 5.74) is 2.84. The van der Waals surface area contributed by atoms with Crippen LogP contribution in [0.1, 0.15) is 27.7 Å². The van der Waals surface area contributed by atoms with Crippen LogP contribution < -0.4 is 20.5 Å². The van der Waals surface area contributed by atoms with Crippen LogP contribution in [0.3, 0.4) is 0 Å². The number of aryl methyl sites for hydroxylation is 1. The Hall–Kier alpha value is -3.83. The van der Waals surface area contributed by atoms with Crippen molar-refractivity contribution in [2.45, 2.75) is 25.5 Å². The van der Waals surface area contributed by atoms with Crippen molar-refractivity contribution in [3.8, 4) is 5.75 Å². The van der Waals surface area contributed by atoms with Crippen molar-refractivity contribution >= 4 is 56.6 Å². The van der Waals surface area contributed by atoms with E-state index in [1.165, 1.54) is 11.8 Å². The third-order valence-electron chi connectivity index (χ3n) is 5.98. The third-order valence-corrected chi connectivity index (χ3v) is 8.12. The summed E-state index contributed by atoms with van der Waals surface area (Å²) in [5, 5.41) is 3.66. The van der Waals surface area contributed by atoms with Crippen LogP contribution >= 0.6 is 23.1 Å². The summed E-state index contributed by atoms with van der Waals surface area (Å²) in [6, 6.07) is 14.9. The Labute approximate surface area is 234 Å². The minimum absolute atomic E-state index is 0.0467. The summed E-state index contributed by atoms with van der Waals surface area (Å²) in [6.45, 7) is 3.94. The predicted octanol–water partition coefficient (Wildman–Crippen LogP) is 4.80. The van der Waals surface area contributed by atoms with Crippen molar-refractivity contribution < 1.29 is 19.1 Å². The Bertz CT molecular complexity index is 1540. The van der Waals surface area contributed by atoms with E-state index < -0.39 is 5.97 Å². The van der Waals surface area contributed by atoms with Gasteiger partial charge in [-0.05, 0) is 61.4 Å². The fourth-order valence-corrected chi connectivity index (χ4v) is 5.84. The molecule has 2 aromatic carbocycles. The zero-order valence-corrected chi connectivity index (χ0v) is 24.1. The van der Waals surface area contributed by atoms with Crippen molar-refractivity contribution in [3.05, 3.63) is 74.9 Å². The largest absolute Gasteiger partial charge is 0.497 e. The molecule has 39 heavy (non-hydrogen) atoms. The number of benzene rings is 2. The number of hydrogen-bond donors (Lipinski definition) is 1. The fraction of sp³-hybridized carbons (Fsp3) is 0.286. The van der Waals surface area contributed by atoms with Crippen molar-refractivity contribution in [1.82, 2.24) is 9.55 Å². The molecule has 0 atom stereocenters. The molecule has 0 saturated carbocycles. The molecule has 1 N–H and O–H groups in total. The molecule has 0 radical (unpaired) electrons. The Kier molecular flexibility index (Phi) is 8.93. The predicted molar refractivity (Wildman–Crippen MR) is 157 cm³/mol. The number of anilines is 2. The molecule has 0 aliphatic heterocycles. The molecule has 0 unspecified atom stereocenters. The van der Waals surface area contributed by atoms with Crippen LogP contribution in [0, 0.1) is 6.92 Å². The van der Waals surface area contributed by atoms with E-state index in [0.29, 0.717) is 37.3 Å². The molecule has 0 fully saturated rings. The van der Waals surface area contributed by atoms with E-state index in [-0.39, 0.29) is 30.4 Å². The second-order valence-corrected chi connectivity index (χ2v) is 10.8. The van der Waals surface area contributed by atoms with E-state index >= 15 is 0 Å². The van der Waals surface area contributed by atoms with E-state index in [1.54, 1.807) is 25.5 Å². The van der Waals surface area contributed by atoms with Crippen LogP contribution in [0.15, 0.2) is 58.5 Å². The molecular formula is C28H30N4O5S2. The summed E-state index contributed by atoms with van der Waals surface area (Å²) in [7, 11) is 5.49. The number of carbonyl (C=O) groups excluding carboxylic acids is 2. The van der Waals surface area contributed by atoms with Crippen LogP contribution in [-0.2, 0) is 16.1 Å². The summed E-state index contributed by atoms with van der Waals surface area (Å²) in [6.07, 6.45) is 0. The second-order valence-electron chi connectivity index (χ2n) is 8.87. The fourth-order valence-electron chi connectivity index (χ4n) is 3.92. The van der Waals surface area contributed by atoms with Gasteiger partial charge < -0.3 is 19.7 Å². The molecule has 11 heteroatoms. The molecule has 0 aliphatic carbocycles. The first kappa shape index (κ1) is 28.2. The van der Waals surface area contributed by atoms with Crippen molar-refractivity contribution in [1.29, 1.82) is 0 Å². The lowest BCUT2D eigenvalue weighted by Crippen LogP contribution is -2.25. The summed E-state index contributed by atoms with van der Waals surface area (Å²) >= 11 is 2.30. The highest BCUT2D eigenvalue weighted by atomic mass is 32.2. The van der Waals surface area contributed by atoms with E-state index in [2.05, 4.69) is 5.32 Å². The quantitative estimate of drug-likeness (QED) is 0.166. The number of amides is 1. The van der Waals surface area contributed by atoms with Gasteiger partial charge in [-0.2, -0.15) is 0 Å². The first-order valence-electron chi connectivity index (χ1n) is 12.3. The highest BCUT2D eigenvalue weighted by molar-refractivity contribution is 7.99. The molecule has 2 aromatic heterocycles. The average molecular weight is 567 g/mol. The van der Waals surface area contributed by atoms with Gasteiger partial charge >= 0.3 is 5.97 Å². The lowest BCUT2D eigenvalue weighted by atomic mass is 10.2. The number of esters is 1. The van der Waals surface area contributed by atoms with Crippen LogP contribution in [0.4, 0.5) is 11.4 Å². The van der Waals surface area contributed by atoms with Gasteiger partial charge in [-0.25, -0.2) is 9.78 Å². The molecule has 2 heterocycles. The van der Waals surface area contributed by atoms with Gasteiger partial charge in [0.2, 0.25) is 5.91 Å². The molecule has 0 spiro atoms. The number of nitrogens with zero attached hydrogens (tertiary/aromatic N) is 3. The lowest BCUT2D eigenvalue weighted by Gasteiger charge is -2.14. The third kappa shape index (κ3) is 6.43. The Balaban J connectivity index is 1.65. The number of ether oxygens (including phenoxy) is 2. The SMILES string of the molecule is CCOC(=O)c1sc2nc(SCC(=O)Nc3ccc(N(C)C)cc3)n(Cc3ccc(OC)cc3)c(=O)c2c1C. The van der Waals surface area contributed by atoms with Crippen LogP contribution in [0.25, 0.3) is 10.2 Å². The second kappa shape index (κ2) is 12.4. The monoisotopic (exact) mass is 566 g/mol. The summed E-state index contributed by atoms with van der Waals surface area (Å²) < 4.78 is 12.0. The zero-order chi connectivity index (χ0) is 28.1. The first-order chi connectivity index (χ1) is 18.7. The van der Waals surface area contributed by atoms with E-state index in [1.807, 2.05) is 67.5 Å². The number of carbonyl (C=O) groups is 2. The summed E-state index contributed by atoms with van der Waals surface area (Å²) in [4.78, 5) is 46.5. The van der Waals surface area contributed by atoms with E-state index in [9.17, 15) is 14.4 Å². The number of hydrogen-bond acceptors (Lipinski definition) is 9. The summed E-state index contributed by atoms with van der Waals surface area (Å²) in [5.74, 6) is 0.0493. The average Bonchev–Trinajstić information content (AvgIpc) is 3.26. The van der Waals surface area contributed by atoms with Crippen molar-refractivity contribution in [3.63, 3.8) is 0 Å². The molecular weight excluding hydrogens is 536 g/mol. The Morgan fingerprint density at radius 2 is 1.79 bits per heavy atom. The Morgan fingerprint density at radius 1 is 1.10 bits per heavy atom. The molecule has 204 valence electrons. The lowest BCUT2D eigenvalue weighted by molar-refractivity contribution is -0.113. The first-order valence-corrected chi connectivity index (χ1v) is 14.1. The van der Waals surface area contributed by atoms with Crippen LogP contribution in [-0.4, -0.2) is 55.0 Å². The Morgan fingerprint density at radius 3 is 2.41 bits per heavy atom. The highest BCUT2D eigenvalue weighted by Crippen LogP contribution is 2.30. The minimum atomic E-state index is -0.479. The minimum Gasteiger partial charge on any atom is -0.497 e. The number of nitrogens with one attached hydrogen (secondary N) is 1. The number of thiophene rings is 1. The van der Waals surface area contributed by atoms with E-state index in [4.69, 9.17) is 14.5 Å². The van der Waals surface area contributed by atoms with Gasteiger partial charge in [-0.15, -0.1) is 11.3 Å². The molecule has 0 saturated heterocycles. The molecule has 1 amide bonds. The smallest absolute Gasteiger partial charge is 0.348 e. The van der Waals surface area contributed by atoms with Gasteiger partial charge in [0, 0.05) is 25.5 Å². The molecule has 4 aromatic rings. The van der Waals surface area contributed by atoms with Crippen molar-refractivity contribution in [2.75, 3.05) is 43.8 Å². The van der Waals surface area contributed by atoms with Gasteiger partial charge in [-0.1, -0.05) is 23.9 Å². The maximum atomic E-state index is 13.7. The zero-order valence-electron chi connectivity index (χ0n) is 22.4. The molecule has 9 nitrogen and oxygen atoms in total. The number of thioether (sulfide) groups is 1. The number of fused-ring (bicyclic) bond motifs is 1. The standard InChI is InChI=1S/C28H30N4O5S2/c1-6-37-27(35)24-17(2)23-25(39-24)30-28(32(26(23)34)15-18-7-13-21(36-5)14-8-18)38-16-22(33)29-19-9-11-20(12-10-19)31(3)4/h7-14H,6,15-16H2,1-5H3,(H,29,33). The van der Waals surface area contributed by atoms with Gasteiger partial charge in [0.05, 0.1) is 31.4 Å². The van der Waals surface area contributed by atoms with Crippen LogP contribution in [0.5, 0.6) is 5.75 Å². The van der Waals surface area contributed by atoms with Gasteiger partial charge in [-0.3, -0.25) is 14.2 Å². The maximum absolute atomic E-state index is 13.7. The van der Waals surface area contributed by atoms with Crippen LogP contribution in [0.2, 0.25) is 0 Å². The topological polar surface area (TPSA) is 103 Å². The number of rotatable bonds is 10. The van der Waals surface area contributed by atoms with Crippen molar-refractivity contribution in [2.24, 2.45) is 0 Å². The molecule has 4 rings (SSSR count).